The van der Waals surface area contributed by atoms with Crippen LogP contribution in [0.1, 0.15) is 46.0 Å². The summed E-state index contributed by atoms with van der Waals surface area (Å²) >= 11 is 0. The van der Waals surface area contributed by atoms with E-state index in [2.05, 4.69) is 29.0 Å². The summed E-state index contributed by atoms with van der Waals surface area (Å²) in [4.78, 5) is 5.36. The maximum atomic E-state index is 3.64. The van der Waals surface area contributed by atoms with Crippen LogP contribution in [0.4, 0.5) is 0 Å². The van der Waals surface area contributed by atoms with Gasteiger partial charge in [-0.3, -0.25) is 0 Å². The van der Waals surface area contributed by atoms with Gasteiger partial charge in [-0.15, -0.1) is 0 Å². The molecule has 2 aliphatic rings. The molecule has 1 unspecified atom stereocenters. The fourth-order valence-corrected chi connectivity index (χ4v) is 3.95. The van der Waals surface area contributed by atoms with Crippen molar-refractivity contribution in [2.24, 2.45) is 5.41 Å². The van der Waals surface area contributed by atoms with Crippen LogP contribution in [0.25, 0.3) is 0 Å². The summed E-state index contributed by atoms with van der Waals surface area (Å²) in [5, 5.41) is 3.64. The monoisotopic (exact) mass is 267 g/mol. The number of piperidine rings is 1. The van der Waals surface area contributed by atoms with Gasteiger partial charge < -0.3 is 15.1 Å². The van der Waals surface area contributed by atoms with Crippen LogP contribution in [0.2, 0.25) is 0 Å². The predicted molar refractivity (Wildman–Crippen MR) is 82.6 cm³/mol. The minimum Gasteiger partial charge on any atom is -0.316 e. The molecule has 19 heavy (non-hydrogen) atoms. The highest BCUT2D eigenvalue weighted by atomic mass is 15.3. The fourth-order valence-electron chi connectivity index (χ4n) is 3.95. The lowest BCUT2D eigenvalue weighted by molar-refractivity contribution is 0.0641. The van der Waals surface area contributed by atoms with E-state index < -0.39 is 0 Å². The molecule has 0 aromatic heterocycles. The van der Waals surface area contributed by atoms with Gasteiger partial charge in [0.1, 0.15) is 0 Å². The molecule has 2 saturated heterocycles. The highest BCUT2D eigenvalue weighted by Gasteiger charge is 2.33. The Balaban J connectivity index is 1.81. The molecule has 1 atom stereocenters. The number of rotatable bonds is 6. The van der Waals surface area contributed by atoms with Gasteiger partial charge in [0.05, 0.1) is 0 Å². The Morgan fingerprint density at radius 1 is 1.00 bits per heavy atom. The van der Waals surface area contributed by atoms with Crippen LogP contribution < -0.4 is 5.32 Å². The zero-order valence-corrected chi connectivity index (χ0v) is 13.1. The average Bonchev–Trinajstić information content (AvgIpc) is 2.43. The van der Waals surface area contributed by atoms with E-state index in [9.17, 15) is 0 Å². The van der Waals surface area contributed by atoms with Gasteiger partial charge in [0.25, 0.3) is 0 Å². The van der Waals surface area contributed by atoms with E-state index in [0.29, 0.717) is 5.41 Å². The summed E-state index contributed by atoms with van der Waals surface area (Å²) in [5.41, 5.74) is 0.569. The third-order valence-electron chi connectivity index (χ3n) is 4.90. The molecule has 2 aliphatic heterocycles. The SMILES string of the molecule is CCCN1CCN(CC2(CCC)CCCNC2)CC1. The van der Waals surface area contributed by atoms with Crippen LogP contribution in [0.15, 0.2) is 0 Å². The summed E-state index contributed by atoms with van der Waals surface area (Å²) in [6.45, 7) is 14.9. The number of hydrogen-bond donors (Lipinski definition) is 1. The second-order valence-electron chi connectivity index (χ2n) is 6.65. The molecule has 0 aliphatic carbocycles. The zero-order chi connectivity index (χ0) is 13.6. The van der Waals surface area contributed by atoms with Crippen molar-refractivity contribution in [3.63, 3.8) is 0 Å². The van der Waals surface area contributed by atoms with Gasteiger partial charge in [-0.05, 0) is 44.2 Å². The van der Waals surface area contributed by atoms with Crippen molar-refractivity contribution < 1.29 is 0 Å². The minimum absolute atomic E-state index is 0.569. The van der Waals surface area contributed by atoms with E-state index in [1.807, 2.05) is 0 Å². The first-order valence-corrected chi connectivity index (χ1v) is 8.43. The van der Waals surface area contributed by atoms with Crippen molar-refractivity contribution in [1.82, 2.24) is 15.1 Å². The molecule has 0 amide bonds. The molecule has 0 radical (unpaired) electrons. The first-order valence-electron chi connectivity index (χ1n) is 8.43. The van der Waals surface area contributed by atoms with Crippen molar-refractivity contribution in [3.05, 3.63) is 0 Å². The molecule has 2 heterocycles. The Morgan fingerprint density at radius 3 is 2.32 bits per heavy atom. The lowest BCUT2D eigenvalue weighted by Crippen LogP contribution is -2.53. The van der Waals surface area contributed by atoms with Crippen molar-refractivity contribution >= 4 is 0 Å². The average molecular weight is 267 g/mol. The predicted octanol–water partition coefficient (Wildman–Crippen LogP) is 2.18. The molecule has 0 saturated carbocycles. The van der Waals surface area contributed by atoms with Crippen LogP contribution in [0, 0.1) is 5.41 Å². The zero-order valence-electron chi connectivity index (χ0n) is 13.1. The highest BCUT2D eigenvalue weighted by Crippen LogP contribution is 2.32. The van der Waals surface area contributed by atoms with E-state index in [1.54, 1.807) is 0 Å². The molecule has 112 valence electrons. The molecule has 0 aromatic carbocycles. The van der Waals surface area contributed by atoms with Gasteiger partial charge >= 0.3 is 0 Å². The fraction of sp³-hybridized carbons (Fsp3) is 1.00. The third-order valence-corrected chi connectivity index (χ3v) is 4.90. The minimum atomic E-state index is 0.569. The quantitative estimate of drug-likeness (QED) is 0.796. The molecule has 3 heteroatoms. The molecule has 1 N–H and O–H groups in total. The van der Waals surface area contributed by atoms with Gasteiger partial charge in [0.2, 0.25) is 0 Å². The molecule has 0 bridgehead atoms. The summed E-state index contributed by atoms with van der Waals surface area (Å²) in [5.74, 6) is 0. The Hall–Kier alpha value is -0.120. The molecule has 0 aromatic rings. The van der Waals surface area contributed by atoms with Crippen molar-refractivity contribution in [2.45, 2.75) is 46.0 Å². The number of piperazine rings is 1. The third kappa shape index (κ3) is 4.44. The standard InChI is InChI=1S/C16H33N3/c1-3-6-16(7-5-8-17-14-16)15-19-12-10-18(9-4-2)11-13-19/h17H,3-15H2,1-2H3. The van der Waals surface area contributed by atoms with Gasteiger partial charge in [-0.25, -0.2) is 0 Å². The van der Waals surface area contributed by atoms with E-state index in [1.165, 1.54) is 84.5 Å². The molecule has 3 nitrogen and oxygen atoms in total. The van der Waals surface area contributed by atoms with Crippen LogP contribution in [0.5, 0.6) is 0 Å². The Labute approximate surface area is 119 Å². The van der Waals surface area contributed by atoms with Crippen molar-refractivity contribution in [3.8, 4) is 0 Å². The van der Waals surface area contributed by atoms with Gasteiger partial charge in [0.15, 0.2) is 0 Å². The Kier molecular flexibility index (Phi) is 6.11. The van der Waals surface area contributed by atoms with E-state index >= 15 is 0 Å². The molecular formula is C16H33N3. The van der Waals surface area contributed by atoms with Crippen LogP contribution >= 0.6 is 0 Å². The van der Waals surface area contributed by atoms with E-state index in [-0.39, 0.29) is 0 Å². The van der Waals surface area contributed by atoms with Crippen molar-refractivity contribution in [1.29, 1.82) is 0 Å². The van der Waals surface area contributed by atoms with Gasteiger partial charge in [-0.2, -0.15) is 0 Å². The normalized spacial score (nSPS) is 30.6. The van der Waals surface area contributed by atoms with E-state index in [4.69, 9.17) is 0 Å². The number of nitrogens with one attached hydrogen (secondary N) is 1. The Bertz CT molecular complexity index is 235. The summed E-state index contributed by atoms with van der Waals surface area (Å²) in [6.07, 6.45) is 6.83. The van der Waals surface area contributed by atoms with E-state index in [0.717, 1.165) is 0 Å². The maximum Gasteiger partial charge on any atom is 0.0110 e. The highest BCUT2D eigenvalue weighted by molar-refractivity contribution is 4.89. The molecule has 0 spiro atoms. The van der Waals surface area contributed by atoms with Crippen molar-refractivity contribution in [2.75, 3.05) is 52.4 Å². The summed E-state index contributed by atoms with van der Waals surface area (Å²) < 4.78 is 0. The number of nitrogens with zero attached hydrogens (tertiary/aromatic N) is 2. The molecule has 2 fully saturated rings. The second kappa shape index (κ2) is 7.61. The Morgan fingerprint density at radius 2 is 1.74 bits per heavy atom. The van der Waals surface area contributed by atoms with Gasteiger partial charge in [0, 0.05) is 39.3 Å². The smallest absolute Gasteiger partial charge is 0.0110 e. The van der Waals surface area contributed by atoms with Crippen LogP contribution in [-0.4, -0.2) is 62.2 Å². The first kappa shape index (κ1) is 15.3. The molecule has 2 rings (SSSR count). The second-order valence-corrected chi connectivity index (χ2v) is 6.65. The largest absolute Gasteiger partial charge is 0.316 e. The lowest BCUT2D eigenvalue weighted by Gasteiger charge is -2.44. The lowest BCUT2D eigenvalue weighted by atomic mass is 9.76. The first-order chi connectivity index (χ1) is 9.28. The van der Waals surface area contributed by atoms with Gasteiger partial charge in [-0.1, -0.05) is 20.3 Å². The molecular weight excluding hydrogens is 234 g/mol. The summed E-state index contributed by atoms with van der Waals surface area (Å²) in [7, 11) is 0. The van der Waals surface area contributed by atoms with Crippen LogP contribution in [-0.2, 0) is 0 Å². The topological polar surface area (TPSA) is 18.5 Å². The number of hydrogen-bond acceptors (Lipinski definition) is 3. The summed E-state index contributed by atoms with van der Waals surface area (Å²) in [6, 6.07) is 0. The maximum absolute atomic E-state index is 3.64. The van der Waals surface area contributed by atoms with Crippen LogP contribution in [0.3, 0.4) is 0 Å².